The number of aromatic hydroxyl groups is 1. The van der Waals surface area contributed by atoms with Crippen molar-refractivity contribution >= 4 is 66.4 Å². The maximum absolute atomic E-state index is 14.0. The molecule has 5 aromatic rings. The van der Waals surface area contributed by atoms with Crippen molar-refractivity contribution in [1.29, 1.82) is 0 Å². The Morgan fingerprint density at radius 2 is 1.97 bits per heavy atom. The van der Waals surface area contributed by atoms with Crippen LogP contribution in [0, 0.1) is 0 Å². The van der Waals surface area contributed by atoms with Gasteiger partial charge in [0, 0.05) is 10.9 Å². The monoisotopic (exact) mass is 547 g/mol. The number of halogens is 3. The van der Waals surface area contributed by atoms with E-state index in [1.54, 1.807) is 19.4 Å². The summed E-state index contributed by atoms with van der Waals surface area (Å²) in [5.41, 5.74) is 1.42. The molecule has 0 bridgehead atoms. The van der Waals surface area contributed by atoms with Gasteiger partial charge < -0.3 is 14.3 Å². The van der Waals surface area contributed by atoms with Gasteiger partial charge >= 0.3 is 0 Å². The van der Waals surface area contributed by atoms with Crippen LogP contribution in [0.1, 0.15) is 30.1 Å². The average Bonchev–Trinajstić information content (AvgIpc) is 3.40. The van der Waals surface area contributed by atoms with Gasteiger partial charge in [-0.3, -0.25) is 9.36 Å². The van der Waals surface area contributed by atoms with E-state index in [1.807, 2.05) is 6.07 Å². The van der Waals surface area contributed by atoms with Gasteiger partial charge in [0.05, 0.1) is 45.0 Å². The molecule has 6 rings (SSSR count). The van der Waals surface area contributed by atoms with Gasteiger partial charge in [0.25, 0.3) is 5.56 Å². The fraction of sp³-hybridized carbons (Fsp3) is 0.208. The molecule has 2 aromatic carbocycles. The maximum atomic E-state index is 14.0. The molecule has 0 radical (unpaired) electrons. The number of hydrogen-bond donors (Lipinski definition) is 1. The van der Waals surface area contributed by atoms with E-state index in [2.05, 4.69) is 4.98 Å². The summed E-state index contributed by atoms with van der Waals surface area (Å²) < 4.78 is 12.8. The summed E-state index contributed by atoms with van der Waals surface area (Å²) in [5, 5.41) is 12.1. The standard InChI is InChI=1S/C24H16Cl3N3O4S/c1-33-17-5-12(10-2-3-10)13(4-14(17)25)22-29-23-19(24(32)30(22)8-11-7-28-9-34-11)18-15(26)6-16(27)20(31)21(18)35-23/h4-7,9-10,31H,2-3,8H2,1H3. The highest BCUT2D eigenvalue weighted by atomic mass is 35.5. The molecule has 1 N–H and O–H groups in total. The van der Waals surface area contributed by atoms with Crippen LogP contribution in [0.25, 0.3) is 31.7 Å². The predicted octanol–water partition coefficient (Wildman–Crippen LogP) is 6.87. The van der Waals surface area contributed by atoms with Gasteiger partial charge in [-0.1, -0.05) is 34.8 Å². The summed E-state index contributed by atoms with van der Waals surface area (Å²) in [5.74, 6) is 1.66. The number of rotatable bonds is 5. The number of phenolic OH excluding ortho intramolecular Hbond substituents is 1. The van der Waals surface area contributed by atoms with Crippen molar-refractivity contribution < 1.29 is 14.3 Å². The number of thiophene rings is 1. The van der Waals surface area contributed by atoms with E-state index in [9.17, 15) is 9.90 Å². The first kappa shape index (κ1) is 22.7. The van der Waals surface area contributed by atoms with Gasteiger partial charge in [-0.05, 0) is 42.5 Å². The smallest absolute Gasteiger partial charge is 0.263 e. The Hall–Kier alpha value is -2.78. The van der Waals surface area contributed by atoms with Gasteiger partial charge in [-0.2, -0.15) is 0 Å². The van der Waals surface area contributed by atoms with E-state index < -0.39 is 0 Å². The summed E-state index contributed by atoms with van der Waals surface area (Å²) in [4.78, 5) is 23.3. The lowest BCUT2D eigenvalue weighted by molar-refractivity contribution is 0.414. The second kappa shape index (κ2) is 8.41. The zero-order chi connectivity index (χ0) is 24.4. The van der Waals surface area contributed by atoms with E-state index in [4.69, 9.17) is 48.9 Å². The lowest BCUT2D eigenvalue weighted by atomic mass is 10.0. The first-order valence-electron chi connectivity index (χ1n) is 10.7. The number of hydrogen-bond acceptors (Lipinski definition) is 7. The molecule has 0 aliphatic heterocycles. The van der Waals surface area contributed by atoms with Crippen LogP contribution in [0.4, 0.5) is 0 Å². The zero-order valence-corrected chi connectivity index (χ0v) is 21.2. The Balaban J connectivity index is 1.72. The van der Waals surface area contributed by atoms with Crippen LogP contribution in [0.3, 0.4) is 0 Å². The van der Waals surface area contributed by atoms with Gasteiger partial charge in [0.15, 0.2) is 12.1 Å². The molecule has 1 aliphatic rings. The Bertz CT molecular complexity index is 1690. The SMILES string of the molecule is COc1cc(C2CC2)c(-c2nc3sc4c(O)c(Cl)cc(Cl)c4c3c(=O)n2Cc2cnco2)cc1Cl. The van der Waals surface area contributed by atoms with Gasteiger partial charge in [0.1, 0.15) is 22.2 Å². The van der Waals surface area contributed by atoms with Gasteiger partial charge in [-0.15, -0.1) is 11.3 Å². The third-order valence-corrected chi connectivity index (χ3v) is 8.10. The molecule has 3 heterocycles. The Labute approximate surface area is 217 Å². The third kappa shape index (κ3) is 3.67. The van der Waals surface area contributed by atoms with Crippen LogP contribution in [-0.2, 0) is 6.54 Å². The van der Waals surface area contributed by atoms with Crippen molar-refractivity contribution in [3.8, 4) is 22.9 Å². The molecule has 178 valence electrons. The molecule has 0 atom stereocenters. The van der Waals surface area contributed by atoms with E-state index in [1.165, 1.54) is 17.0 Å². The highest BCUT2D eigenvalue weighted by Gasteiger charge is 2.30. The molecule has 1 aliphatic carbocycles. The number of methoxy groups -OCH3 is 1. The molecule has 0 amide bonds. The van der Waals surface area contributed by atoms with Gasteiger partial charge in [0.2, 0.25) is 0 Å². The van der Waals surface area contributed by atoms with E-state index >= 15 is 0 Å². The Morgan fingerprint density at radius 1 is 1.17 bits per heavy atom. The van der Waals surface area contributed by atoms with Crippen LogP contribution in [0.5, 0.6) is 11.5 Å². The largest absolute Gasteiger partial charge is 0.505 e. The van der Waals surface area contributed by atoms with E-state index in [0.717, 1.165) is 35.3 Å². The second-order valence-corrected chi connectivity index (χ2v) is 10.5. The molecule has 1 fully saturated rings. The summed E-state index contributed by atoms with van der Waals surface area (Å²) in [7, 11) is 1.57. The first-order chi connectivity index (χ1) is 16.9. The number of benzene rings is 2. The number of nitrogens with zero attached hydrogens (tertiary/aromatic N) is 3. The number of ether oxygens (including phenoxy) is 1. The minimum Gasteiger partial charge on any atom is -0.505 e. The summed E-state index contributed by atoms with van der Waals surface area (Å²) in [6, 6.07) is 5.13. The molecule has 0 unspecified atom stereocenters. The number of aromatic nitrogens is 3. The van der Waals surface area contributed by atoms with Crippen LogP contribution < -0.4 is 10.3 Å². The maximum Gasteiger partial charge on any atom is 0.263 e. The normalized spacial score (nSPS) is 13.7. The van der Waals surface area contributed by atoms with Crippen LogP contribution in [0.2, 0.25) is 15.1 Å². The second-order valence-electron chi connectivity index (χ2n) is 8.32. The summed E-state index contributed by atoms with van der Waals surface area (Å²) in [6.45, 7) is 0.0966. The zero-order valence-electron chi connectivity index (χ0n) is 18.1. The highest BCUT2D eigenvalue weighted by Crippen LogP contribution is 2.48. The molecule has 0 spiro atoms. The number of oxazole rings is 1. The van der Waals surface area contributed by atoms with E-state index in [-0.39, 0.29) is 27.9 Å². The minimum absolute atomic E-state index is 0.0966. The molecule has 11 heteroatoms. The first-order valence-corrected chi connectivity index (χ1v) is 12.6. The quantitative estimate of drug-likeness (QED) is 0.258. The fourth-order valence-electron chi connectivity index (χ4n) is 4.32. The van der Waals surface area contributed by atoms with Crippen molar-refractivity contribution in [2.24, 2.45) is 0 Å². The van der Waals surface area contributed by atoms with Crippen LogP contribution in [-0.4, -0.2) is 26.8 Å². The molecule has 3 aromatic heterocycles. The third-order valence-electron chi connectivity index (χ3n) is 6.12. The molecular weight excluding hydrogens is 533 g/mol. The van der Waals surface area contributed by atoms with Gasteiger partial charge in [-0.25, -0.2) is 9.97 Å². The molecule has 1 saturated carbocycles. The minimum atomic E-state index is -0.329. The molecule has 7 nitrogen and oxygen atoms in total. The Morgan fingerprint density at radius 3 is 2.66 bits per heavy atom. The molecule has 35 heavy (non-hydrogen) atoms. The van der Waals surface area contributed by atoms with Crippen molar-refractivity contribution in [2.75, 3.05) is 7.11 Å². The van der Waals surface area contributed by atoms with Crippen molar-refractivity contribution in [2.45, 2.75) is 25.3 Å². The van der Waals surface area contributed by atoms with Crippen LogP contribution in [0.15, 0.2) is 40.0 Å². The predicted molar refractivity (Wildman–Crippen MR) is 138 cm³/mol. The van der Waals surface area contributed by atoms with E-state index in [0.29, 0.717) is 48.6 Å². The van der Waals surface area contributed by atoms with Crippen molar-refractivity contribution in [3.63, 3.8) is 0 Å². The fourth-order valence-corrected chi connectivity index (χ4v) is 6.37. The van der Waals surface area contributed by atoms with Crippen LogP contribution >= 0.6 is 46.1 Å². The number of fused-ring (bicyclic) bond motifs is 3. The number of phenols is 1. The topological polar surface area (TPSA) is 90.4 Å². The molecule has 0 saturated heterocycles. The van der Waals surface area contributed by atoms with Crippen molar-refractivity contribution in [1.82, 2.24) is 14.5 Å². The lowest BCUT2D eigenvalue weighted by Crippen LogP contribution is -2.24. The average molecular weight is 549 g/mol. The summed E-state index contributed by atoms with van der Waals surface area (Å²) >= 11 is 20.3. The lowest BCUT2D eigenvalue weighted by Gasteiger charge is -2.16. The highest BCUT2D eigenvalue weighted by molar-refractivity contribution is 7.26. The Kier molecular flexibility index (Phi) is 5.45. The van der Waals surface area contributed by atoms with Crippen molar-refractivity contribution in [3.05, 3.63) is 67.5 Å². The summed E-state index contributed by atoms with van der Waals surface area (Å²) in [6.07, 6.45) is 4.91. The molecular formula is C24H16Cl3N3O4S.